The molecule has 0 unspecified atom stereocenters. The summed E-state index contributed by atoms with van der Waals surface area (Å²) in [6.07, 6.45) is -0.00302. The molecule has 0 aliphatic heterocycles. The van der Waals surface area contributed by atoms with E-state index in [0.717, 1.165) is 54.5 Å². The summed E-state index contributed by atoms with van der Waals surface area (Å²) in [6.45, 7) is 3.21. The number of aryl methyl sites for hydroxylation is 1. The van der Waals surface area contributed by atoms with Gasteiger partial charge >= 0.3 is 6.36 Å². The molecule has 1 saturated carbocycles. The summed E-state index contributed by atoms with van der Waals surface area (Å²) in [5, 5.41) is 11.1. The van der Waals surface area contributed by atoms with Crippen molar-refractivity contribution in [3.63, 3.8) is 0 Å². The molecular weight excluding hydrogens is 455 g/mol. The van der Waals surface area contributed by atoms with E-state index in [9.17, 15) is 13.2 Å². The first-order valence-corrected chi connectivity index (χ1v) is 12.1. The van der Waals surface area contributed by atoms with Crippen molar-refractivity contribution in [2.45, 2.75) is 51.4 Å². The molecule has 6 nitrogen and oxygen atoms in total. The lowest BCUT2D eigenvalue weighted by Gasteiger charge is -2.29. The SMILES string of the molecule is CNc1nc(NC2CCC(CNCCc3ccc(C)cc3OC(F)(F)F)CC2)nc2ccccc12. The van der Waals surface area contributed by atoms with Crippen LogP contribution in [0.15, 0.2) is 42.5 Å². The maximum atomic E-state index is 12.7. The van der Waals surface area contributed by atoms with Crippen LogP contribution in [0.3, 0.4) is 0 Å². The Morgan fingerprint density at radius 3 is 2.54 bits per heavy atom. The van der Waals surface area contributed by atoms with Gasteiger partial charge in [-0.1, -0.05) is 24.3 Å². The molecule has 4 rings (SSSR count). The van der Waals surface area contributed by atoms with Crippen LogP contribution in [-0.2, 0) is 6.42 Å². The summed E-state index contributed by atoms with van der Waals surface area (Å²) in [7, 11) is 1.86. The highest BCUT2D eigenvalue weighted by Gasteiger charge is 2.32. The van der Waals surface area contributed by atoms with Crippen molar-refractivity contribution in [3.05, 3.63) is 53.6 Å². The number of hydrogen-bond donors (Lipinski definition) is 3. The molecule has 0 bridgehead atoms. The molecule has 3 N–H and O–H groups in total. The highest BCUT2D eigenvalue weighted by atomic mass is 19.4. The minimum atomic E-state index is -4.69. The average molecular weight is 488 g/mol. The van der Waals surface area contributed by atoms with Crippen LogP contribution in [-0.4, -0.2) is 42.5 Å². The first kappa shape index (κ1) is 25.0. The molecule has 1 heterocycles. The maximum absolute atomic E-state index is 12.7. The first-order chi connectivity index (χ1) is 16.8. The summed E-state index contributed by atoms with van der Waals surface area (Å²) in [6, 6.07) is 13.2. The van der Waals surface area contributed by atoms with Gasteiger partial charge in [-0.25, -0.2) is 4.98 Å². The second kappa shape index (κ2) is 11.1. The number of para-hydroxylation sites is 1. The van der Waals surface area contributed by atoms with E-state index in [2.05, 4.69) is 30.7 Å². The summed E-state index contributed by atoms with van der Waals surface area (Å²) >= 11 is 0. The third-order valence-electron chi connectivity index (χ3n) is 6.47. The molecule has 35 heavy (non-hydrogen) atoms. The highest BCUT2D eigenvalue weighted by molar-refractivity contribution is 5.89. The van der Waals surface area contributed by atoms with E-state index in [1.807, 2.05) is 37.4 Å². The summed E-state index contributed by atoms with van der Waals surface area (Å²) in [5.74, 6) is 1.89. The Labute approximate surface area is 203 Å². The zero-order valence-corrected chi connectivity index (χ0v) is 20.1. The fourth-order valence-corrected chi connectivity index (χ4v) is 4.64. The van der Waals surface area contributed by atoms with Crippen molar-refractivity contribution in [2.75, 3.05) is 30.8 Å². The molecule has 188 valence electrons. The predicted octanol–water partition coefficient (Wildman–Crippen LogP) is 5.68. The van der Waals surface area contributed by atoms with Gasteiger partial charge in [-0.2, -0.15) is 4.98 Å². The molecule has 9 heteroatoms. The number of ether oxygens (including phenoxy) is 1. The van der Waals surface area contributed by atoms with Gasteiger partial charge in [-0.05, 0) is 87.4 Å². The molecule has 0 radical (unpaired) electrons. The van der Waals surface area contributed by atoms with Crippen LogP contribution in [0, 0.1) is 12.8 Å². The second-order valence-corrected chi connectivity index (χ2v) is 9.14. The van der Waals surface area contributed by atoms with Crippen LogP contribution in [0.5, 0.6) is 5.75 Å². The number of aromatic nitrogens is 2. The zero-order valence-electron chi connectivity index (χ0n) is 20.1. The Balaban J connectivity index is 1.23. The lowest BCUT2D eigenvalue weighted by Crippen LogP contribution is -2.32. The lowest BCUT2D eigenvalue weighted by molar-refractivity contribution is -0.274. The molecule has 2 aromatic carbocycles. The van der Waals surface area contributed by atoms with Gasteiger partial charge in [0.05, 0.1) is 5.52 Å². The molecule has 0 amide bonds. The van der Waals surface area contributed by atoms with E-state index in [0.29, 0.717) is 36.4 Å². The van der Waals surface area contributed by atoms with Crippen molar-refractivity contribution in [3.8, 4) is 5.75 Å². The van der Waals surface area contributed by atoms with Gasteiger partial charge in [0.2, 0.25) is 5.95 Å². The lowest BCUT2D eigenvalue weighted by atomic mass is 9.86. The van der Waals surface area contributed by atoms with Crippen molar-refractivity contribution in [2.24, 2.45) is 5.92 Å². The molecular formula is C26H32F3N5O. The average Bonchev–Trinajstić information content (AvgIpc) is 2.82. The van der Waals surface area contributed by atoms with Crippen molar-refractivity contribution >= 4 is 22.7 Å². The number of rotatable bonds is 9. The van der Waals surface area contributed by atoms with Crippen molar-refractivity contribution in [1.82, 2.24) is 15.3 Å². The van der Waals surface area contributed by atoms with Crippen LogP contribution in [0.2, 0.25) is 0 Å². The molecule has 1 aromatic heterocycles. The fourth-order valence-electron chi connectivity index (χ4n) is 4.64. The van der Waals surface area contributed by atoms with Crippen LogP contribution in [0.4, 0.5) is 24.9 Å². The number of nitrogens with zero attached hydrogens (tertiary/aromatic N) is 2. The van der Waals surface area contributed by atoms with E-state index < -0.39 is 6.36 Å². The van der Waals surface area contributed by atoms with Gasteiger partial charge in [-0.3, -0.25) is 0 Å². The zero-order chi connectivity index (χ0) is 24.8. The summed E-state index contributed by atoms with van der Waals surface area (Å²) < 4.78 is 42.3. The Morgan fingerprint density at radius 1 is 1.03 bits per heavy atom. The minimum Gasteiger partial charge on any atom is -0.405 e. The quantitative estimate of drug-likeness (QED) is 0.337. The predicted molar refractivity (Wildman–Crippen MR) is 133 cm³/mol. The van der Waals surface area contributed by atoms with Crippen molar-refractivity contribution in [1.29, 1.82) is 0 Å². The number of anilines is 2. The molecule has 3 aromatic rings. The van der Waals surface area contributed by atoms with E-state index >= 15 is 0 Å². The monoisotopic (exact) mass is 487 g/mol. The molecule has 0 atom stereocenters. The second-order valence-electron chi connectivity index (χ2n) is 9.14. The van der Waals surface area contributed by atoms with Gasteiger partial charge in [0, 0.05) is 18.5 Å². The van der Waals surface area contributed by atoms with Gasteiger partial charge in [0.1, 0.15) is 11.6 Å². The van der Waals surface area contributed by atoms with Gasteiger partial charge < -0.3 is 20.7 Å². The van der Waals surface area contributed by atoms with Gasteiger partial charge in [-0.15, -0.1) is 13.2 Å². The Bertz CT molecular complexity index is 1130. The minimum absolute atomic E-state index is 0.108. The number of fused-ring (bicyclic) bond motifs is 1. The topological polar surface area (TPSA) is 71.1 Å². The fraction of sp³-hybridized carbons (Fsp3) is 0.462. The number of halogens is 3. The van der Waals surface area contributed by atoms with Crippen LogP contribution < -0.4 is 20.7 Å². The third kappa shape index (κ3) is 6.97. The molecule has 0 spiro atoms. The number of hydrogen-bond acceptors (Lipinski definition) is 6. The van der Waals surface area contributed by atoms with Crippen LogP contribution >= 0.6 is 0 Å². The molecule has 1 fully saturated rings. The smallest absolute Gasteiger partial charge is 0.405 e. The van der Waals surface area contributed by atoms with Crippen LogP contribution in [0.1, 0.15) is 36.8 Å². The Kier molecular flexibility index (Phi) is 7.95. The van der Waals surface area contributed by atoms with E-state index in [-0.39, 0.29) is 5.75 Å². The number of alkyl halides is 3. The largest absolute Gasteiger partial charge is 0.573 e. The van der Waals surface area contributed by atoms with E-state index in [4.69, 9.17) is 0 Å². The standard InChI is InChI=1S/C26H32F3N5O/c1-17-7-10-19(23(15-17)35-26(27,28)29)13-14-31-16-18-8-11-20(12-9-18)32-25-33-22-6-4-3-5-21(22)24(30-2)34-25/h3-7,10,15,18,20,31H,8-9,11-14,16H2,1-2H3,(H2,30,32,33,34). The van der Waals surface area contributed by atoms with Gasteiger partial charge in [0.15, 0.2) is 0 Å². The summed E-state index contributed by atoms with van der Waals surface area (Å²) in [4.78, 5) is 9.30. The van der Waals surface area contributed by atoms with Gasteiger partial charge in [0.25, 0.3) is 0 Å². The normalized spacial score (nSPS) is 18.4. The first-order valence-electron chi connectivity index (χ1n) is 12.1. The van der Waals surface area contributed by atoms with E-state index in [1.165, 1.54) is 6.07 Å². The Hall–Kier alpha value is -3.07. The Morgan fingerprint density at radius 2 is 1.80 bits per heavy atom. The summed E-state index contributed by atoms with van der Waals surface area (Å²) in [5.41, 5.74) is 2.21. The van der Waals surface area contributed by atoms with Crippen molar-refractivity contribution < 1.29 is 17.9 Å². The van der Waals surface area contributed by atoms with Crippen LogP contribution in [0.25, 0.3) is 10.9 Å². The number of benzene rings is 2. The van der Waals surface area contributed by atoms with E-state index in [1.54, 1.807) is 13.0 Å². The molecule has 1 aliphatic rings. The highest BCUT2D eigenvalue weighted by Crippen LogP contribution is 2.29. The molecule has 1 aliphatic carbocycles. The maximum Gasteiger partial charge on any atom is 0.573 e. The molecule has 0 saturated heterocycles. The third-order valence-corrected chi connectivity index (χ3v) is 6.47. The number of nitrogens with one attached hydrogen (secondary N) is 3.